The minimum absolute atomic E-state index is 0.0286. The molecule has 1 unspecified atom stereocenters. The molecule has 0 bridgehead atoms. The van der Waals surface area contributed by atoms with Crippen LogP contribution in [0.5, 0.6) is 0 Å². The summed E-state index contributed by atoms with van der Waals surface area (Å²) in [5.41, 5.74) is 2.20. The van der Waals surface area contributed by atoms with Crippen molar-refractivity contribution in [3.05, 3.63) is 83.3 Å². The van der Waals surface area contributed by atoms with E-state index in [1.807, 2.05) is 19.1 Å². The summed E-state index contributed by atoms with van der Waals surface area (Å²) in [7, 11) is -3.90. The fourth-order valence-corrected chi connectivity index (χ4v) is 3.83. The Morgan fingerprint density at radius 1 is 1.06 bits per heavy atom. The molecule has 32 heavy (non-hydrogen) atoms. The van der Waals surface area contributed by atoms with Gasteiger partial charge in [-0.25, -0.2) is 17.9 Å². The van der Waals surface area contributed by atoms with E-state index in [9.17, 15) is 18.0 Å². The number of furan rings is 1. The summed E-state index contributed by atoms with van der Waals surface area (Å²) >= 11 is 0. The number of carbonyl (C=O) groups is 2. The van der Waals surface area contributed by atoms with Crippen LogP contribution in [0.15, 0.2) is 70.2 Å². The molecule has 0 saturated carbocycles. The van der Waals surface area contributed by atoms with Crippen molar-refractivity contribution >= 4 is 27.6 Å². The zero-order valence-electron chi connectivity index (χ0n) is 17.9. The van der Waals surface area contributed by atoms with Gasteiger partial charge in [0.15, 0.2) is 6.10 Å². The highest BCUT2D eigenvalue weighted by Gasteiger charge is 2.23. The van der Waals surface area contributed by atoms with Gasteiger partial charge in [-0.1, -0.05) is 23.8 Å². The topological polar surface area (TPSA) is 115 Å². The molecular weight excluding hydrogens is 432 g/mol. The fraction of sp³-hybridized carbons (Fsp3) is 0.217. The van der Waals surface area contributed by atoms with Gasteiger partial charge < -0.3 is 14.5 Å². The molecular formula is C23H24N2O6S. The second kappa shape index (κ2) is 9.80. The number of anilines is 1. The van der Waals surface area contributed by atoms with Crippen molar-refractivity contribution in [1.29, 1.82) is 0 Å². The first-order valence-electron chi connectivity index (χ1n) is 9.87. The Kier molecular flexibility index (Phi) is 7.12. The van der Waals surface area contributed by atoms with E-state index in [0.717, 1.165) is 5.56 Å². The third-order valence-corrected chi connectivity index (χ3v) is 6.13. The normalized spacial score (nSPS) is 12.2. The number of ether oxygens (including phenoxy) is 1. The maximum absolute atomic E-state index is 12.7. The number of sulfonamides is 1. The minimum Gasteiger partial charge on any atom is -0.468 e. The van der Waals surface area contributed by atoms with Gasteiger partial charge >= 0.3 is 5.97 Å². The second-order valence-electron chi connectivity index (χ2n) is 7.28. The highest BCUT2D eigenvalue weighted by Crippen LogP contribution is 2.18. The molecule has 0 aliphatic heterocycles. The molecule has 2 N–H and O–H groups in total. The molecule has 0 fully saturated rings. The standard InChI is InChI=1S/C23H24N2O6S/c1-15-6-9-18(10-7-15)25-22(26)17(3)31-23(27)21-13-20(11-8-16(21)2)32(28,29)24-14-19-5-4-12-30-19/h4-13,17,24H,14H2,1-3H3,(H,25,26). The first-order valence-corrected chi connectivity index (χ1v) is 11.4. The predicted molar refractivity (Wildman–Crippen MR) is 119 cm³/mol. The van der Waals surface area contributed by atoms with E-state index < -0.39 is 28.0 Å². The van der Waals surface area contributed by atoms with Gasteiger partial charge in [-0.2, -0.15) is 0 Å². The van der Waals surface area contributed by atoms with E-state index in [1.54, 1.807) is 31.2 Å². The van der Waals surface area contributed by atoms with Crippen molar-refractivity contribution < 1.29 is 27.2 Å². The average molecular weight is 457 g/mol. The van der Waals surface area contributed by atoms with Gasteiger partial charge in [0.05, 0.1) is 23.3 Å². The number of amides is 1. The molecule has 1 amide bonds. The summed E-state index contributed by atoms with van der Waals surface area (Å²) in [4.78, 5) is 24.9. The lowest BCUT2D eigenvalue weighted by atomic mass is 10.1. The number of aryl methyl sites for hydroxylation is 2. The fourth-order valence-electron chi connectivity index (χ4n) is 2.81. The number of hydrogen-bond donors (Lipinski definition) is 2. The quantitative estimate of drug-likeness (QED) is 0.501. The second-order valence-corrected chi connectivity index (χ2v) is 9.05. The lowest BCUT2D eigenvalue weighted by molar-refractivity contribution is -0.123. The molecule has 8 nitrogen and oxygen atoms in total. The largest absolute Gasteiger partial charge is 0.468 e. The minimum atomic E-state index is -3.90. The smallest absolute Gasteiger partial charge is 0.339 e. The number of carbonyl (C=O) groups excluding carboxylic acids is 2. The summed E-state index contributed by atoms with van der Waals surface area (Å²) in [5, 5.41) is 2.68. The SMILES string of the molecule is Cc1ccc(NC(=O)C(C)OC(=O)c2cc(S(=O)(=O)NCc3ccco3)ccc2C)cc1. The van der Waals surface area contributed by atoms with Crippen LogP contribution in [-0.4, -0.2) is 26.4 Å². The van der Waals surface area contributed by atoms with Gasteiger partial charge in [0.25, 0.3) is 5.91 Å². The molecule has 2 aromatic carbocycles. The van der Waals surface area contributed by atoms with Crippen LogP contribution in [0.25, 0.3) is 0 Å². The highest BCUT2D eigenvalue weighted by molar-refractivity contribution is 7.89. The summed E-state index contributed by atoms with van der Waals surface area (Å²) < 4.78 is 38.0. The Hall–Kier alpha value is -3.43. The van der Waals surface area contributed by atoms with Gasteiger partial charge in [0.2, 0.25) is 10.0 Å². The highest BCUT2D eigenvalue weighted by atomic mass is 32.2. The van der Waals surface area contributed by atoms with Crippen molar-refractivity contribution in [2.24, 2.45) is 0 Å². The van der Waals surface area contributed by atoms with E-state index in [-0.39, 0.29) is 17.0 Å². The molecule has 9 heteroatoms. The van der Waals surface area contributed by atoms with E-state index >= 15 is 0 Å². The third kappa shape index (κ3) is 5.83. The van der Waals surface area contributed by atoms with Crippen LogP contribution in [0.4, 0.5) is 5.69 Å². The number of benzene rings is 2. The lowest BCUT2D eigenvalue weighted by Gasteiger charge is -2.15. The number of rotatable bonds is 8. The summed E-state index contributed by atoms with van der Waals surface area (Å²) in [6.07, 6.45) is 0.361. The molecule has 0 saturated heterocycles. The predicted octanol–water partition coefficient (Wildman–Crippen LogP) is 3.56. The van der Waals surface area contributed by atoms with Crippen molar-refractivity contribution in [3.8, 4) is 0 Å². The number of esters is 1. The van der Waals surface area contributed by atoms with E-state index in [2.05, 4.69) is 10.0 Å². The van der Waals surface area contributed by atoms with Gasteiger partial charge in [0, 0.05) is 5.69 Å². The zero-order valence-corrected chi connectivity index (χ0v) is 18.7. The van der Waals surface area contributed by atoms with Crippen LogP contribution in [0.3, 0.4) is 0 Å². The average Bonchev–Trinajstić information content (AvgIpc) is 3.28. The summed E-state index contributed by atoms with van der Waals surface area (Å²) in [6, 6.07) is 14.6. The van der Waals surface area contributed by atoms with E-state index in [0.29, 0.717) is 17.0 Å². The van der Waals surface area contributed by atoms with Crippen LogP contribution in [-0.2, 0) is 26.1 Å². The maximum Gasteiger partial charge on any atom is 0.339 e. The number of hydrogen-bond acceptors (Lipinski definition) is 6. The molecule has 1 atom stereocenters. The Morgan fingerprint density at radius 3 is 2.44 bits per heavy atom. The van der Waals surface area contributed by atoms with Crippen LogP contribution in [0, 0.1) is 13.8 Å². The first-order chi connectivity index (χ1) is 15.2. The van der Waals surface area contributed by atoms with E-state index in [4.69, 9.17) is 9.15 Å². The maximum atomic E-state index is 12.7. The van der Waals surface area contributed by atoms with Crippen molar-refractivity contribution in [3.63, 3.8) is 0 Å². The molecule has 168 valence electrons. The monoisotopic (exact) mass is 456 g/mol. The Morgan fingerprint density at radius 2 is 1.78 bits per heavy atom. The molecule has 0 aliphatic carbocycles. The van der Waals surface area contributed by atoms with E-state index in [1.165, 1.54) is 31.4 Å². The molecule has 0 spiro atoms. The van der Waals surface area contributed by atoms with Crippen molar-refractivity contribution in [2.45, 2.75) is 38.3 Å². The Bertz CT molecular complexity index is 1200. The third-order valence-electron chi connectivity index (χ3n) is 4.73. The summed E-state index contributed by atoms with van der Waals surface area (Å²) in [5.74, 6) is -0.838. The van der Waals surface area contributed by atoms with Gasteiger partial charge in [0.1, 0.15) is 5.76 Å². The molecule has 3 rings (SSSR count). The van der Waals surface area contributed by atoms with Crippen LogP contribution in [0.2, 0.25) is 0 Å². The van der Waals surface area contributed by atoms with Gasteiger partial charge in [-0.05, 0) is 62.7 Å². The molecule has 0 radical (unpaired) electrons. The van der Waals surface area contributed by atoms with Gasteiger partial charge in [-0.3, -0.25) is 4.79 Å². The first kappa shape index (κ1) is 23.2. The van der Waals surface area contributed by atoms with Crippen LogP contribution in [0.1, 0.15) is 34.2 Å². The van der Waals surface area contributed by atoms with Crippen LogP contribution >= 0.6 is 0 Å². The summed E-state index contributed by atoms with van der Waals surface area (Å²) in [6.45, 7) is 5.00. The number of nitrogens with one attached hydrogen (secondary N) is 2. The lowest BCUT2D eigenvalue weighted by Crippen LogP contribution is -2.30. The van der Waals surface area contributed by atoms with Crippen molar-refractivity contribution in [1.82, 2.24) is 4.72 Å². The molecule has 1 aromatic heterocycles. The zero-order chi connectivity index (χ0) is 23.3. The molecule has 0 aliphatic rings. The Labute approximate surface area is 186 Å². The Balaban J connectivity index is 1.69. The van der Waals surface area contributed by atoms with Gasteiger partial charge in [-0.15, -0.1) is 0 Å². The van der Waals surface area contributed by atoms with Crippen molar-refractivity contribution in [2.75, 3.05) is 5.32 Å². The van der Waals surface area contributed by atoms with Crippen LogP contribution < -0.4 is 10.0 Å². The molecule has 1 heterocycles. The molecule has 3 aromatic rings.